The minimum atomic E-state index is -0.0313. The van der Waals surface area contributed by atoms with Crippen LogP contribution >= 0.6 is 0 Å². The minimum Gasteiger partial charge on any atom is -0.322 e. The van der Waals surface area contributed by atoms with Gasteiger partial charge >= 0.3 is 0 Å². The van der Waals surface area contributed by atoms with E-state index < -0.39 is 0 Å². The summed E-state index contributed by atoms with van der Waals surface area (Å²) in [6.45, 7) is 3.98. The molecular formula is C18H20N2O. The van der Waals surface area contributed by atoms with Gasteiger partial charge in [-0.3, -0.25) is 4.79 Å². The molecule has 0 saturated carbocycles. The molecule has 3 heteroatoms. The molecule has 1 aliphatic heterocycles. The Hall–Kier alpha value is -2.13. The number of fused-ring (bicyclic) bond motifs is 1. The van der Waals surface area contributed by atoms with Crippen LogP contribution in [0.5, 0.6) is 0 Å². The molecular weight excluding hydrogens is 260 g/mol. The van der Waals surface area contributed by atoms with Crippen molar-refractivity contribution >= 4 is 11.6 Å². The second-order valence-electron chi connectivity index (χ2n) is 5.38. The van der Waals surface area contributed by atoms with Crippen molar-refractivity contribution in [1.29, 1.82) is 0 Å². The molecule has 0 unspecified atom stereocenters. The van der Waals surface area contributed by atoms with E-state index >= 15 is 0 Å². The molecule has 2 aromatic rings. The van der Waals surface area contributed by atoms with Crippen LogP contribution in [0.3, 0.4) is 0 Å². The van der Waals surface area contributed by atoms with Gasteiger partial charge in [-0.1, -0.05) is 31.2 Å². The summed E-state index contributed by atoms with van der Waals surface area (Å²) in [6.07, 6.45) is 1.92. The third-order valence-electron chi connectivity index (χ3n) is 3.99. The number of hydrogen-bond donors (Lipinski definition) is 2. The third-order valence-corrected chi connectivity index (χ3v) is 3.99. The van der Waals surface area contributed by atoms with Crippen LogP contribution in [0.1, 0.15) is 34.0 Å². The lowest BCUT2D eigenvalue weighted by molar-refractivity contribution is 0.102. The van der Waals surface area contributed by atoms with Crippen LogP contribution in [-0.4, -0.2) is 12.5 Å². The summed E-state index contributed by atoms with van der Waals surface area (Å²) in [4.78, 5) is 12.4. The van der Waals surface area contributed by atoms with E-state index in [2.05, 4.69) is 29.7 Å². The smallest absolute Gasteiger partial charge is 0.255 e. The fourth-order valence-electron chi connectivity index (χ4n) is 2.81. The van der Waals surface area contributed by atoms with Crippen molar-refractivity contribution in [3.05, 3.63) is 64.7 Å². The molecule has 0 spiro atoms. The number of benzene rings is 2. The molecule has 0 saturated heterocycles. The summed E-state index contributed by atoms with van der Waals surface area (Å²) in [6, 6.07) is 14.0. The second kappa shape index (κ2) is 6.10. The van der Waals surface area contributed by atoms with Gasteiger partial charge in [-0.2, -0.15) is 0 Å². The maximum Gasteiger partial charge on any atom is 0.255 e. The van der Waals surface area contributed by atoms with Crippen molar-refractivity contribution in [3.8, 4) is 0 Å². The molecule has 2 N–H and O–H groups in total. The van der Waals surface area contributed by atoms with Crippen LogP contribution in [0.15, 0.2) is 42.5 Å². The van der Waals surface area contributed by atoms with E-state index in [0.717, 1.165) is 42.7 Å². The Morgan fingerprint density at radius 3 is 2.90 bits per heavy atom. The number of amides is 1. The largest absolute Gasteiger partial charge is 0.322 e. The number of hydrogen-bond acceptors (Lipinski definition) is 2. The topological polar surface area (TPSA) is 41.1 Å². The summed E-state index contributed by atoms with van der Waals surface area (Å²) in [5.41, 5.74) is 5.36. The van der Waals surface area contributed by atoms with Gasteiger partial charge in [0.15, 0.2) is 0 Å². The van der Waals surface area contributed by atoms with Gasteiger partial charge in [0, 0.05) is 17.8 Å². The maximum atomic E-state index is 12.4. The Balaban J connectivity index is 1.81. The molecule has 1 aliphatic rings. The first-order chi connectivity index (χ1) is 10.3. The van der Waals surface area contributed by atoms with Gasteiger partial charge in [-0.15, -0.1) is 0 Å². The van der Waals surface area contributed by atoms with E-state index in [9.17, 15) is 4.79 Å². The van der Waals surface area contributed by atoms with Crippen LogP contribution in [0.25, 0.3) is 0 Å². The van der Waals surface area contributed by atoms with Gasteiger partial charge in [-0.25, -0.2) is 0 Å². The van der Waals surface area contributed by atoms with Gasteiger partial charge in [0.05, 0.1) is 0 Å². The standard InChI is InChI=1S/C18H20N2O/c1-2-13-5-3-4-6-17(13)18(21)20-16-8-7-14-9-10-19-12-15(14)11-16/h3-8,11,19H,2,9-10,12H2,1H3,(H,20,21). The van der Waals surface area contributed by atoms with Crippen LogP contribution in [-0.2, 0) is 19.4 Å². The summed E-state index contributed by atoms with van der Waals surface area (Å²) >= 11 is 0. The Kier molecular flexibility index (Phi) is 4.02. The molecule has 108 valence electrons. The quantitative estimate of drug-likeness (QED) is 0.907. The fraction of sp³-hybridized carbons (Fsp3) is 0.278. The molecule has 2 aromatic carbocycles. The Morgan fingerprint density at radius 1 is 1.19 bits per heavy atom. The van der Waals surface area contributed by atoms with Crippen molar-refractivity contribution in [2.45, 2.75) is 26.3 Å². The predicted octanol–water partition coefficient (Wildman–Crippen LogP) is 3.15. The average Bonchev–Trinajstić information content (AvgIpc) is 2.54. The van der Waals surface area contributed by atoms with Gasteiger partial charge in [-0.05, 0) is 54.3 Å². The lowest BCUT2D eigenvalue weighted by Gasteiger charge is -2.18. The van der Waals surface area contributed by atoms with Crippen LogP contribution < -0.4 is 10.6 Å². The van der Waals surface area contributed by atoms with Gasteiger partial charge in [0.25, 0.3) is 5.91 Å². The highest BCUT2D eigenvalue weighted by Gasteiger charge is 2.12. The zero-order valence-corrected chi connectivity index (χ0v) is 12.3. The molecule has 1 heterocycles. The number of nitrogens with one attached hydrogen (secondary N) is 2. The van der Waals surface area contributed by atoms with Gasteiger partial charge < -0.3 is 10.6 Å². The van der Waals surface area contributed by atoms with Crippen molar-refractivity contribution in [2.24, 2.45) is 0 Å². The first-order valence-corrected chi connectivity index (χ1v) is 7.49. The molecule has 0 atom stereocenters. The zero-order valence-electron chi connectivity index (χ0n) is 12.3. The molecule has 3 nitrogen and oxygen atoms in total. The summed E-state index contributed by atoms with van der Waals surface area (Å²) in [7, 11) is 0. The lowest BCUT2D eigenvalue weighted by Crippen LogP contribution is -2.23. The monoisotopic (exact) mass is 280 g/mol. The molecule has 3 rings (SSSR count). The third kappa shape index (κ3) is 2.98. The number of anilines is 1. The fourth-order valence-corrected chi connectivity index (χ4v) is 2.81. The molecule has 0 radical (unpaired) electrons. The first-order valence-electron chi connectivity index (χ1n) is 7.49. The number of carbonyl (C=O) groups excluding carboxylic acids is 1. The maximum absolute atomic E-state index is 12.4. The van der Waals surface area contributed by atoms with Crippen molar-refractivity contribution < 1.29 is 4.79 Å². The van der Waals surface area contributed by atoms with Crippen molar-refractivity contribution in [2.75, 3.05) is 11.9 Å². The van der Waals surface area contributed by atoms with E-state index in [1.54, 1.807) is 0 Å². The predicted molar refractivity (Wildman–Crippen MR) is 85.6 cm³/mol. The van der Waals surface area contributed by atoms with E-state index in [4.69, 9.17) is 0 Å². The second-order valence-corrected chi connectivity index (χ2v) is 5.38. The number of carbonyl (C=O) groups is 1. The van der Waals surface area contributed by atoms with Crippen LogP contribution in [0.4, 0.5) is 5.69 Å². The van der Waals surface area contributed by atoms with E-state index in [1.807, 2.05) is 30.3 Å². The van der Waals surface area contributed by atoms with E-state index in [-0.39, 0.29) is 5.91 Å². The Morgan fingerprint density at radius 2 is 2.05 bits per heavy atom. The highest BCUT2D eigenvalue weighted by molar-refractivity contribution is 6.05. The number of rotatable bonds is 3. The molecule has 0 fully saturated rings. The normalized spacial score (nSPS) is 13.6. The average molecular weight is 280 g/mol. The Labute approximate surface area is 125 Å². The SMILES string of the molecule is CCc1ccccc1C(=O)Nc1ccc2c(c1)CNCC2. The molecule has 0 aromatic heterocycles. The summed E-state index contributed by atoms with van der Waals surface area (Å²) in [5, 5.41) is 6.38. The van der Waals surface area contributed by atoms with Crippen molar-refractivity contribution in [3.63, 3.8) is 0 Å². The van der Waals surface area contributed by atoms with Crippen LogP contribution in [0.2, 0.25) is 0 Å². The van der Waals surface area contributed by atoms with Crippen LogP contribution in [0, 0.1) is 0 Å². The highest BCUT2D eigenvalue weighted by atomic mass is 16.1. The lowest BCUT2D eigenvalue weighted by atomic mass is 10.00. The molecule has 1 amide bonds. The first kappa shape index (κ1) is 13.8. The van der Waals surface area contributed by atoms with E-state index in [1.165, 1.54) is 11.1 Å². The van der Waals surface area contributed by atoms with E-state index in [0.29, 0.717) is 0 Å². The Bertz CT molecular complexity index is 664. The molecule has 21 heavy (non-hydrogen) atoms. The molecule has 0 aliphatic carbocycles. The van der Waals surface area contributed by atoms with Gasteiger partial charge in [0.2, 0.25) is 0 Å². The van der Waals surface area contributed by atoms with Gasteiger partial charge in [0.1, 0.15) is 0 Å². The van der Waals surface area contributed by atoms with Crippen molar-refractivity contribution in [1.82, 2.24) is 5.32 Å². The molecule has 0 bridgehead atoms. The number of aryl methyl sites for hydroxylation is 1. The highest BCUT2D eigenvalue weighted by Crippen LogP contribution is 2.20. The minimum absolute atomic E-state index is 0.0313. The summed E-state index contributed by atoms with van der Waals surface area (Å²) < 4.78 is 0. The zero-order chi connectivity index (χ0) is 14.7. The summed E-state index contributed by atoms with van der Waals surface area (Å²) in [5.74, 6) is -0.0313.